The number of anilines is 1. The van der Waals surface area contributed by atoms with Crippen molar-refractivity contribution in [2.45, 2.75) is 0 Å². The minimum Gasteiger partial charge on any atom is -0.378 e. The van der Waals surface area contributed by atoms with Crippen LogP contribution in [0.3, 0.4) is 0 Å². The van der Waals surface area contributed by atoms with Crippen LogP contribution < -0.4 is 5.32 Å². The zero-order chi connectivity index (χ0) is 11.7. The summed E-state index contributed by atoms with van der Waals surface area (Å²) in [6.07, 6.45) is 3.85. The second kappa shape index (κ2) is 4.30. The molecule has 2 aromatic rings. The number of aromatic nitrogens is 2. The summed E-state index contributed by atoms with van der Waals surface area (Å²) in [5, 5.41) is 11.6. The van der Waals surface area contributed by atoms with E-state index in [9.17, 15) is 0 Å². The molecular weight excluding hydrogens is 278 g/mol. The SMILES string of the molecule is BrC1=Cc2cnnc(-c3ccccc3)c2NC1. The van der Waals surface area contributed by atoms with Gasteiger partial charge in [0.05, 0.1) is 11.9 Å². The molecule has 1 aromatic carbocycles. The highest BCUT2D eigenvalue weighted by atomic mass is 79.9. The maximum Gasteiger partial charge on any atom is 0.117 e. The molecule has 2 heterocycles. The summed E-state index contributed by atoms with van der Waals surface area (Å²) >= 11 is 3.49. The van der Waals surface area contributed by atoms with E-state index in [2.05, 4.69) is 37.5 Å². The first-order chi connectivity index (χ1) is 8.34. The van der Waals surface area contributed by atoms with Crippen LogP contribution in [0.2, 0.25) is 0 Å². The second-order valence-corrected chi connectivity index (χ2v) is 4.85. The third-order valence-electron chi connectivity index (χ3n) is 2.67. The van der Waals surface area contributed by atoms with Gasteiger partial charge in [0.25, 0.3) is 0 Å². The molecule has 0 spiro atoms. The molecule has 1 aromatic heterocycles. The van der Waals surface area contributed by atoms with Crippen LogP contribution in [0.15, 0.2) is 41.0 Å². The van der Waals surface area contributed by atoms with Crippen LogP contribution >= 0.6 is 15.9 Å². The molecular formula is C13H10BrN3. The first-order valence-electron chi connectivity index (χ1n) is 5.35. The van der Waals surface area contributed by atoms with Crippen molar-refractivity contribution >= 4 is 27.7 Å². The Kier molecular flexibility index (Phi) is 2.65. The number of hydrogen-bond acceptors (Lipinski definition) is 3. The van der Waals surface area contributed by atoms with Crippen LogP contribution in [-0.4, -0.2) is 16.7 Å². The van der Waals surface area contributed by atoms with E-state index < -0.39 is 0 Å². The van der Waals surface area contributed by atoms with E-state index in [0.717, 1.165) is 33.5 Å². The van der Waals surface area contributed by atoms with Gasteiger partial charge >= 0.3 is 0 Å². The number of rotatable bonds is 1. The molecule has 17 heavy (non-hydrogen) atoms. The molecule has 0 unspecified atom stereocenters. The van der Waals surface area contributed by atoms with Crippen LogP contribution in [0.4, 0.5) is 5.69 Å². The van der Waals surface area contributed by atoms with E-state index in [4.69, 9.17) is 0 Å². The fourth-order valence-electron chi connectivity index (χ4n) is 1.89. The topological polar surface area (TPSA) is 37.8 Å². The predicted octanol–water partition coefficient (Wildman–Crippen LogP) is 3.30. The van der Waals surface area contributed by atoms with Crippen molar-refractivity contribution < 1.29 is 0 Å². The minimum absolute atomic E-state index is 0.790. The van der Waals surface area contributed by atoms with E-state index in [0.29, 0.717) is 0 Å². The van der Waals surface area contributed by atoms with Gasteiger partial charge in [0.15, 0.2) is 0 Å². The summed E-state index contributed by atoms with van der Waals surface area (Å²) in [4.78, 5) is 0. The summed E-state index contributed by atoms with van der Waals surface area (Å²) in [6.45, 7) is 0.790. The highest BCUT2D eigenvalue weighted by Crippen LogP contribution is 2.32. The van der Waals surface area contributed by atoms with Crippen molar-refractivity contribution in [2.24, 2.45) is 0 Å². The molecule has 3 rings (SSSR count). The molecule has 0 atom stereocenters. The Bertz CT molecular complexity index is 578. The lowest BCUT2D eigenvalue weighted by Crippen LogP contribution is -2.10. The lowest BCUT2D eigenvalue weighted by Gasteiger charge is -2.17. The molecule has 0 aliphatic carbocycles. The number of nitrogens with zero attached hydrogens (tertiary/aromatic N) is 2. The van der Waals surface area contributed by atoms with Crippen molar-refractivity contribution in [3.63, 3.8) is 0 Å². The van der Waals surface area contributed by atoms with E-state index in [1.165, 1.54) is 0 Å². The summed E-state index contributed by atoms with van der Waals surface area (Å²) in [5.74, 6) is 0. The highest BCUT2D eigenvalue weighted by Gasteiger charge is 2.14. The van der Waals surface area contributed by atoms with Crippen molar-refractivity contribution in [2.75, 3.05) is 11.9 Å². The van der Waals surface area contributed by atoms with Gasteiger partial charge in [-0.25, -0.2) is 0 Å². The molecule has 84 valence electrons. The Labute approximate surface area is 108 Å². The molecule has 1 aliphatic rings. The minimum atomic E-state index is 0.790. The molecule has 3 nitrogen and oxygen atoms in total. The van der Waals surface area contributed by atoms with Gasteiger partial charge in [0.2, 0.25) is 0 Å². The predicted molar refractivity (Wildman–Crippen MR) is 72.9 cm³/mol. The molecule has 0 fully saturated rings. The standard InChI is InChI=1S/C13H10BrN3/c14-11-6-10-7-16-17-13(12(10)15-8-11)9-4-2-1-3-5-9/h1-7,15H,8H2. The zero-order valence-electron chi connectivity index (χ0n) is 9.02. The lowest BCUT2D eigenvalue weighted by atomic mass is 10.1. The number of fused-ring (bicyclic) bond motifs is 1. The van der Waals surface area contributed by atoms with Crippen LogP contribution in [0, 0.1) is 0 Å². The number of nitrogens with one attached hydrogen (secondary N) is 1. The van der Waals surface area contributed by atoms with Crippen molar-refractivity contribution in [3.05, 3.63) is 46.6 Å². The van der Waals surface area contributed by atoms with Crippen LogP contribution in [-0.2, 0) is 0 Å². The number of hydrogen-bond donors (Lipinski definition) is 1. The Morgan fingerprint density at radius 3 is 2.82 bits per heavy atom. The fraction of sp³-hybridized carbons (Fsp3) is 0.0769. The first kappa shape index (κ1) is 10.5. The molecule has 4 heteroatoms. The number of halogens is 1. The zero-order valence-corrected chi connectivity index (χ0v) is 10.6. The third kappa shape index (κ3) is 1.96. The van der Waals surface area contributed by atoms with Crippen molar-refractivity contribution in [3.8, 4) is 11.3 Å². The molecule has 0 radical (unpaired) electrons. The second-order valence-electron chi connectivity index (χ2n) is 3.83. The van der Waals surface area contributed by atoms with Crippen LogP contribution in [0.25, 0.3) is 17.3 Å². The summed E-state index contributed by atoms with van der Waals surface area (Å²) < 4.78 is 1.12. The van der Waals surface area contributed by atoms with Gasteiger partial charge in [0, 0.05) is 22.2 Å². The van der Waals surface area contributed by atoms with Crippen LogP contribution in [0.5, 0.6) is 0 Å². The number of benzene rings is 1. The third-order valence-corrected chi connectivity index (χ3v) is 3.18. The van der Waals surface area contributed by atoms with Gasteiger partial charge in [-0.1, -0.05) is 46.3 Å². The van der Waals surface area contributed by atoms with Gasteiger partial charge in [-0.15, -0.1) is 5.10 Å². The molecule has 1 aliphatic heterocycles. The molecule has 0 saturated carbocycles. The van der Waals surface area contributed by atoms with Gasteiger partial charge in [-0.3, -0.25) is 0 Å². The smallest absolute Gasteiger partial charge is 0.117 e. The Morgan fingerprint density at radius 1 is 1.18 bits per heavy atom. The maximum atomic E-state index is 4.23. The summed E-state index contributed by atoms with van der Waals surface area (Å²) in [6, 6.07) is 10.1. The Hall–Kier alpha value is -1.68. The van der Waals surface area contributed by atoms with Gasteiger partial charge < -0.3 is 5.32 Å². The molecule has 0 amide bonds. The van der Waals surface area contributed by atoms with E-state index in [1.54, 1.807) is 6.20 Å². The average Bonchev–Trinajstić information content (AvgIpc) is 2.39. The van der Waals surface area contributed by atoms with Gasteiger partial charge in [-0.05, 0) is 6.08 Å². The average molecular weight is 288 g/mol. The highest BCUT2D eigenvalue weighted by molar-refractivity contribution is 9.11. The normalized spacial score (nSPS) is 13.6. The first-order valence-corrected chi connectivity index (χ1v) is 6.15. The van der Waals surface area contributed by atoms with Gasteiger partial charge in [0.1, 0.15) is 5.69 Å². The summed E-state index contributed by atoms with van der Waals surface area (Å²) in [5.41, 5.74) is 4.10. The van der Waals surface area contributed by atoms with E-state index in [-0.39, 0.29) is 0 Å². The fourth-order valence-corrected chi connectivity index (χ4v) is 2.27. The largest absolute Gasteiger partial charge is 0.378 e. The van der Waals surface area contributed by atoms with E-state index in [1.807, 2.05) is 30.3 Å². The monoisotopic (exact) mass is 287 g/mol. The molecule has 0 saturated heterocycles. The molecule has 0 bridgehead atoms. The van der Waals surface area contributed by atoms with Crippen molar-refractivity contribution in [1.82, 2.24) is 10.2 Å². The summed E-state index contributed by atoms with van der Waals surface area (Å²) in [7, 11) is 0. The van der Waals surface area contributed by atoms with Gasteiger partial charge in [-0.2, -0.15) is 5.10 Å². The quantitative estimate of drug-likeness (QED) is 0.875. The Morgan fingerprint density at radius 2 is 2.00 bits per heavy atom. The van der Waals surface area contributed by atoms with E-state index >= 15 is 0 Å². The Balaban J connectivity index is 2.17. The molecule has 1 N–H and O–H groups in total. The van der Waals surface area contributed by atoms with Crippen molar-refractivity contribution in [1.29, 1.82) is 0 Å². The maximum absolute atomic E-state index is 4.23. The lowest BCUT2D eigenvalue weighted by molar-refractivity contribution is 1.03. The van der Waals surface area contributed by atoms with Crippen LogP contribution in [0.1, 0.15) is 5.56 Å².